The van der Waals surface area contributed by atoms with Gasteiger partial charge in [-0.05, 0) is 89.9 Å². The number of unbranched alkanes of at least 4 members (excludes halogenated alkanes) is 17. The van der Waals surface area contributed by atoms with Gasteiger partial charge in [0.25, 0.3) is 0 Å². The van der Waals surface area contributed by atoms with E-state index in [1.165, 1.54) is 77.0 Å². The zero-order valence-corrected chi connectivity index (χ0v) is 42.3. The van der Waals surface area contributed by atoms with Crippen LogP contribution in [0.3, 0.4) is 0 Å². The number of carbonyl (C=O) groups excluding carboxylic acids is 1. The lowest BCUT2D eigenvalue weighted by Gasteiger charge is -2.41. The molecular weight excluding hydrogens is 872 g/mol. The van der Waals surface area contributed by atoms with Crippen LogP contribution in [-0.4, -0.2) is 98.9 Å². The molecule has 0 heterocycles. The van der Waals surface area contributed by atoms with E-state index in [2.05, 4.69) is 98.9 Å². The second-order valence-corrected chi connectivity index (χ2v) is 19.0. The third-order valence-electron chi connectivity index (χ3n) is 11.5. The molecule has 13 heteroatoms. The number of phosphoric acid groups is 1. The SMILES string of the molecule is CC/C=C\C/C=C\C/C=C\C/C=C\C/C=C\C/C=C\CCCCC(=O)OC(COCCCCCCCCCC/C=C\CCCCCCCCC)COP(=O)(O)OC1C(O)C(O)C(O)C(O)C1O. The minimum absolute atomic E-state index is 0.101. The first-order valence-electron chi connectivity index (χ1n) is 25.9. The number of allylic oxidation sites excluding steroid dienone is 14. The van der Waals surface area contributed by atoms with Gasteiger partial charge in [-0.2, -0.15) is 0 Å². The minimum atomic E-state index is -5.04. The molecule has 0 bridgehead atoms. The number of aliphatic hydroxyl groups is 5. The van der Waals surface area contributed by atoms with Crippen molar-refractivity contribution in [2.45, 2.75) is 230 Å². The van der Waals surface area contributed by atoms with Crippen molar-refractivity contribution in [3.05, 3.63) is 85.1 Å². The number of phosphoric ester groups is 1. The van der Waals surface area contributed by atoms with Gasteiger partial charge in [0.05, 0.1) is 13.2 Å². The summed E-state index contributed by atoms with van der Waals surface area (Å²) in [6.45, 7) is 4.09. The number of esters is 1. The van der Waals surface area contributed by atoms with E-state index in [9.17, 15) is 39.8 Å². The summed E-state index contributed by atoms with van der Waals surface area (Å²) in [6, 6.07) is 0. The van der Waals surface area contributed by atoms with Gasteiger partial charge in [-0.1, -0.05) is 176 Å². The minimum Gasteiger partial charge on any atom is -0.457 e. The van der Waals surface area contributed by atoms with Gasteiger partial charge in [-0.15, -0.1) is 0 Å². The maximum atomic E-state index is 12.9. The Morgan fingerprint density at radius 3 is 1.36 bits per heavy atom. The van der Waals surface area contributed by atoms with Gasteiger partial charge in [0.1, 0.15) is 42.7 Å². The molecule has 0 aromatic heterocycles. The van der Waals surface area contributed by atoms with Gasteiger partial charge >= 0.3 is 13.8 Å². The van der Waals surface area contributed by atoms with Crippen molar-refractivity contribution in [3.63, 3.8) is 0 Å². The third kappa shape index (κ3) is 35.3. The maximum Gasteiger partial charge on any atom is 0.472 e. The number of rotatable bonds is 43. The van der Waals surface area contributed by atoms with Crippen molar-refractivity contribution in [3.8, 4) is 0 Å². The quantitative estimate of drug-likeness (QED) is 0.0147. The average molecular weight is 965 g/mol. The van der Waals surface area contributed by atoms with Crippen molar-refractivity contribution in [2.24, 2.45) is 0 Å². The monoisotopic (exact) mass is 965 g/mol. The molecule has 6 unspecified atom stereocenters. The molecule has 67 heavy (non-hydrogen) atoms. The summed E-state index contributed by atoms with van der Waals surface area (Å²) in [6.07, 6.45) is 46.5. The summed E-state index contributed by atoms with van der Waals surface area (Å²) in [5.74, 6) is -0.522. The molecule has 0 aliphatic heterocycles. The van der Waals surface area contributed by atoms with Crippen LogP contribution in [0.25, 0.3) is 0 Å². The van der Waals surface area contributed by atoms with E-state index in [0.29, 0.717) is 13.0 Å². The van der Waals surface area contributed by atoms with Crippen LogP contribution in [0.1, 0.15) is 187 Å². The Morgan fingerprint density at radius 1 is 0.493 bits per heavy atom. The van der Waals surface area contributed by atoms with Crippen LogP contribution in [0.2, 0.25) is 0 Å². The Bertz CT molecular complexity index is 1420. The zero-order chi connectivity index (χ0) is 49.1. The molecule has 0 aromatic carbocycles. The molecular formula is C54H93O12P. The van der Waals surface area contributed by atoms with E-state index in [4.69, 9.17) is 18.5 Å². The van der Waals surface area contributed by atoms with Crippen molar-refractivity contribution in [1.29, 1.82) is 0 Å². The summed E-state index contributed by atoms with van der Waals surface area (Å²) in [5, 5.41) is 50.3. The lowest BCUT2D eigenvalue weighted by molar-refractivity contribution is -0.220. The fourth-order valence-electron chi connectivity index (χ4n) is 7.41. The van der Waals surface area contributed by atoms with Crippen molar-refractivity contribution in [2.75, 3.05) is 19.8 Å². The summed E-state index contributed by atoms with van der Waals surface area (Å²) in [4.78, 5) is 23.2. The molecule has 1 aliphatic rings. The van der Waals surface area contributed by atoms with Gasteiger partial charge in [0.15, 0.2) is 0 Å². The highest BCUT2D eigenvalue weighted by atomic mass is 31.2. The lowest BCUT2D eigenvalue weighted by atomic mass is 9.85. The highest BCUT2D eigenvalue weighted by Gasteiger charge is 2.51. The van der Waals surface area contributed by atoms with Crippen LogP contribution in [0, 0.1) is 0 Å². The Labute approximate surface area is 405 Å². The predicted molar refractivity (Wildman–Crippen MR) is 271 cm³/mol. The molecule has 6 atom stereocenters. The summed E-state index contributed by atoms with van der Waals surface area (Å²) in [5.41, 5.74) is 0. The number of aliphatic hydroxyl groups excluding tert-OH is 5. The van der Waals surface area contributed by atoms with Crippen LogP contribution >= 0.6 is 7.82 Å². The first kappa shape index (κ1) is 62.5. The number of carbonyl (C=O) groups is 1. The zero-order valence-electron chi connectivity index (χ0n) is 41.4. The average Bonchev–Trinajstić information content (AvgIpc) is 3.31. The summed E-state index contributed by atoms with van der Waals surface area (Å²) < 4.78 is 34.3. The normalized spacial score (nSPS) is 22.0. The van der Waals surface area contributed by atoms with Crippen LogP contribution in [0.4, 0.5) is 0 Å². The molecule has 1 saturated carbocycles. The van der Waals surface area contributed by atoms with Gasteiger partial charge in [-0.3, -0.25) is 13.8 Å². The van der Waals surface area contributed by atoms with Gasteiger partial charge in [-0.25, -0.2) is 4.57 Å². The van der Waals surface area contributed by atoms with Gasteiger partial charge in [0.2, 0.25) is 0 Å². The van der Waals surface area contributed by atoms with E-state index in [-0.39, 0.29) is 13.0 Å². The highest BCUT2D eigenvalue weighted by molar-refractivity contribution is 7.47. The molecule has 1 fully saturated rings. The van der Waals surface area contributed by atoms with Crippen LogP contribution in [0.5, 0.6) is 0 Å². The molecule has 1 aliphatic carbocycles. The maximum absolute atomic E-state index is 12.9. The largest absolute Gasteiger partial charge is 0.472 e. The molecule has 0 saturated heterocycles. The molecule has 0 aromatic rings. The number of hydrogen-bond acceptors (Lipinski definition) is 11. The second-order valence-electron chi connectivity index (χ2n) is 17.6. The fourth-order valence-corrected chi connectivity index (χ4v) is 8.38. The van der Waals surface area contributed by atoms with Gasteiger partial charge in [0, 0.05) is 13.0 Å². The van der Waals surface area contributed by atoms with E-state index in [0.717, 1.165) is 83.5 Å². The smallest absolute Gasteiger partial charge is 0.457 e. The molecule has 1 rings (SSSR count). The molecule has 0 amide bonds. The Kier molecular flexibility index (Phi) is 40.6. The van der Waals surface area contributed by atoms with E-state index >= 15 is 0 Å². The Morgan fingerprint density at radius 2 is 0.881 bits per heavy atom. The molecule has 0 radical (unpaired) electrons. The van der Waals surface area contributed by atoms with E-state index in [1.807, 2.05) is 0 Å². The number of hydrogen-bond donors (Lipinski definition) is 6. The third-order valence-corrected chi connectivity index (χ3v) is 12.5. The lowest BCUT2D eigenvalue weighted by Crippen LogP contribution is -2.64. The van der Waals surface area contributed by atoms with E-state index in [1.54, 1.807) is 0 Å². The standard InChI is InChI=1S/C54H93O12P/c1-3-5-7-9-11-13-15-17-19-21-23-24-25-27-29-31-33-35-37-39-41-43-48(55)65-47(46-64-67(61,62)66-54-52(59)50(57)49(56)51(58)53(54)60)45-63-44-42-40-38-36-34-32-30-28-26-22-20-18-16-14-12-10-8-6-4-2/h5,7,11,13,17,19-20,22-24,27,29,33,35,47,49-54,56-60H,3-4,6,8-10,12,14-16,18,21,25-26,28,30-32,34,36-46H2,1-2H3,(H,61,62)/b7-5-,13-11-,19-17-,22-20-,24-23-,29-27-,35-33-. The molecule has 386 valence electrons. The predicted octanol–water partition coefficient (Wildman–Crippen LogP) is 11.7. The van der Waals surface area contributed by atoms with Crippen LogP contribution in [0.15, 0.2) is 85.1 Å². The second kappa shape index (κ2) is 43.5. The van der Waals surface area contributed by atoms with E-state index < -0.39 is 63.1 Å². The molecule has 12 nitrogen and oxygen atoms in total. The van der Waals surface area contributed by atoms with Crippen molar-refractivity contribution < 1.29 is 58.3 Å². The van der Waals surface area contributed by atoms with Crippen molar-refractivity contribution >= 4 is 13.8 Å². The topological polar surface area (TPSA) is 192 Å². The Hall–Kier alpha value is -2.48. The molecule has 6 N–H and O–H groups in total. The first-order valence-corrected chi connectivity index (χ1v) is 27.4. The van der Waals surface area contributed by atoms with Gasteiger partial charge < -0.3 is 39.9 Å². The summed E-state index contributed by atoms with van der Waals surface area (Å²) in [7, 11) is -5.04. The molecule has 0 spiro atoms. The van der Waals surface area contributed by atoms with Crippen molar-refractivity contribution in [1.82, 2.24) is 0 Å². The highest BCUT2D eigenvalue weighted by Crippen LogP contribution is 2.47. The number of ether oxygens (including phenoxy) is 2. The van der Waals surface area contributed by atoms with Crippen LogP contribution < -0.4 is 0 Å². The fraction of sp³-hybridized carbons (Fsp3) is 0.722. The Balaban J connectivity index is 2.39. The summed E-state index contributed by atoms with van der Waals surface area (Å²) >= 11 is 0. The van der Waals surface area contributed by atoms with Crippen LogP contribution in [-0.2, 0) is 27.9 Å². The first-order chi connectivity index (χ1) is 32.5.